The highest BCUT2D eigenvalue weighted by Gasteiger charge is 2.13. The van der Waals surface area contributed by atoms with Gasteiger partial charge in [-0.3, -0.25) is 0 Å². The summed E-state index contributed by atoms with van der Waals surface area (Å²) in [5, 5.41) is 0. The van der Waals surface area contributed by atoms with Gasteiger partial charge in [-0.05, 0) is 24.6 Å². The molecule has 0 aliphatic heterocycles. The van der Waals surface area contributed by atoms with Crippen molar-refractivity contribution in [2.24, 2.45) is 0 Å². The quantitative estimate of drug-likeness (QED) is 0.807. The molecule has 0 saturated carbocycles. The summed E-state index contributed by atoms with van der Waals surface area (Å²) in [4.78, 5) is 7.21. The number of nitrogens with two attached hydrogens (primary N) is 1. The fraction of sp³-hybridized carbons (Fsp3) is 0.364. The Labute approximate surface area is 100.0 Å². The lowest BCUT2D eigenvalue weighted by Gasteiger charge is -1.98. The summed E-state index contributed by atoms with van der Waals surface area (Å²) in [5.74, 6) is 0.612. The predicted molar refractivity (Wildman–Crippen MR) is 68.3 cm³/mol. The molecule has 0 unspecified atom stereocenters. The predicted octanol–water partition coefficient (Wildman–Crippen LogP) is 1.47. The Hall–Kier alpha value is -1.56. The zero-order chi connectivity index (χ0) is 12.5. The van der Waals surface area contributed by atoms with Crippen molar-refractivity contribution < 1.29 is 8.42 Å². The molecule has 5 nitrogen and oxygen atoms in total. The fourth-order valence-corrected chi connectivity index (χ4v) is 3.06. The topological polar surface area (TPSA) is 88.8 Å². The Bertz CT molecular complexity index is 631. The average Bonchev–Trinajstić information content (AvgIpc) is 2.57. The van der Waals surface area contributed by atoms with E-state index < -0.39 is 9.84 Å². The number of benzene rings is 1. The second-order valence-corrected chi connectivity index (χ2v) is 6.24. The van der Waals surface area contributed by atoms with E-state index in [1.165, 1.54) is 0 Å². The molecule has 0 fully saturated rings. The number of fused-ring (bicyclic) bond motifs is 1. The maximum Gasteiger partial charge on any atom is 0.157 e. The van der Waals surface area contributed by atoms with Gasteiger partial charge in [-0.1, -0.05) is 6.92 Å². The number of nitrogens with one attached hydrogen (secondary N) is 1. The van der Waals surface area contributed by atoms with Crippen molar-refractivity contribution in [2.75, 3.05) is 11.5 Å². The molecule has 92 valence electrons. The minimum atomic E-state index is -3.07. The number of aromatic nitrogens is 2. The molecule has 0 atom stereocenters. The van der Waals surface area contributed by atoms with E-state index in [9.17, 15) is 8.42 Å². The van der Waals surface area contributed by atoms with Crippen molar-refractivity contribution in [1.82, 2.24) is 9.97 Å². The van der Waals surface area contributed by atoms with Crippen LogP contribution in [0, 0.1) is 0 Å². The number of H-pyrrole nitrogens is 1. The molecule has 0 aliphatic carbocycles. The standard InChI is InChI=1S/C11H15N3O2S/c1-2-5-17(15,16)7-11-13-9-4-3-8(12)6-10(9)14-11/h3-4,6H,2,5,7,12H2,1H3,(H,13,14). The first-order valence-corrected chi connectivity index (χ1v) is 7.27. The van der Waals surface area contributed by atoms with Gasteiger partial charge < -0.3 is 10.7 Å². The van der Waals surface area contributed by atoms with E-state index in [1.54, 1.807) is 18.2 Å². The molecular formula is C11H15N3O2S. The molecule has 0 aliphatic rings. The van der Waals surface area contributed by atoms with Crippen LogP contribution in [0.5, 0.6) is 0 Å². The van der Waals surface area contributed by atoms with Crippen LogP contribution in [-0.2, 0) is 15.6 Å². The Balaban J connectivity index is 2.31. The normalized spacial score (nSPS) is 12.1. The van der Waals surface area contributed by atoms with Crippen molar-refractivity contribution in [3.63, 3.8) is 0 Å². The molecule has 2 rings (SSSR count). The van der Waals surface area contributed by atoms with Crippen LogP contribution in [0.15, 0.2) is 18.2 Å². The Morgan fingerprint density at radius 1 is 1.41 bits per heavy atom. The first-order valence-electron chi connectivity index (χ1n) is 5.45. The van der Waals surface area contributed by atoms with E-state index in [2.05, 4.69) is 9.97 Å². The number of aromatic amines is 1. The van der Waals surface area contributed by atoms with Crippen LogP contribution in [0.3, 0.4) is 0 Å². The Morgan fingerprint density at radius 2 is 2.18 bits per heavy atom. The van der Waals surface area contributed by atoms with Gasteiger partial charge in [0, 0.05) is 5.69 Å². The van der Waals surface area contributed by atoms with Crippen LogP contribution < -0.4 is 5.73 Å². The van der Waals surface area contributed by atoms with Gasteiger partial charge >= 0.3 is 0 Å². The Morgan fingerprint density at radius 3 is 2.88 bits per heavy atom. The third kappa shape index (κ3) is 2.76. The van der Waals surface area contributed by atoms with Crippen molar-refractivity contribution in [3.05, 3.63) is 24.0 Å². The molecule has 6 heteroatoms. The number of hydrogen-bond donors (Lipinski definition) is 2. The smallest absolute Gasteiger partial charge is 0.157 e. The van der Waals surface area contributed by atoms with Gasteiger partial charge in [-0.15, -0.1) is 0 Å². The maximum atomic E-state index is 11.7. The second-order valence-electron chi connectivity index (χ2n) is 4.05. The van der Waals surface area contributed by atoms with E-state index in [4.69, 9.17) is 5.73 Å². The SMILES string of the molecule is CCCS(=O)(=O)Cc1nc2ccc(N)cc2[nH]1. The number of sulfone groups is 1. The minimum Gasteiger partial charge on any atom is -0.399 e. The van der Waals surface area contributed by atoms with Crippen LogP contribution in [0.1, 0.15) is 19.2 Å². The molecule has 1 aromatic heterocycles. The van der Waals surface area contributed by atoms with Gasteiger partial charge in [0.1, 0.15) is 11.6 Å². The lowest BCUT2D eigenvalue weighted by Crippen LogP contribution is -2.09. The zero-order valence-electron chi connectivity index (χ0n) is 9.60. The second kappa shape index (κ2) is 4.37. The zero-order valence-corrected chi connectivity index (χ0v) is 10.4. The molecule has 0 bridgehead atoms. The van der Waals surface area contributed by atoms with E-state index in [1.807, 2.05) is 6.92 Å². The molecule has 1 heterocycles. The van der Waals surface area contributed by atoms with Crippen molar-refractivity contribution >= 4 is 26.6 Å². The minimum absolute atomic E-state index is 0.0462. The number of rotatable bonds is 4. The molecule has 0 spiro atoms. The highest BCUT2D eigenvalue weighted by Crippen LogP contribution is 2.16. The van der Waals surface area contributed by atoms with E-state index in [0.29, 0.717) is 17.9 Å². The van der Waals surface area contributed by atoms with Gasteiger partial charge in [0.15, 0.2) is 9.84 Å². The molecule has 0 amide bonds. The van der Waals surface area contributed by atoms with Crippen LogP contribution in [0.2, 0.25) is 0 Å². The lowest BCUT2D eigenvalue weighted by molar-refractivity contribution is 0.593. The van der Waals surface area contributed by atoms with Gasteiger partial charge in [0.05, 0.1) is 16.8 Å². The molecule has 0 saturated heterocycles. The Kier molecular flexibility index (Phi) is 3.06. The number of anilines is 1. The highest BCUT2D eigenvalue weighted by atomic mass is 32.2. The number of nitrogens with zero attached hydrogens (tertiary/aromatic N) is 1. The summed E-state index contributed by atoms with van der Waals surface area (Å²) in [6.07, 6.45) is 0.621. The maximum absolute atomic E-state index is 11.7. The van der Waals surface area contributed by atoms with Crippen LogP contribution in [0.25, 0.3) is 11.0 Å². The van der Waals surface area contributed by atoms with Crippen molar-refractivity contribution in [2.45, 2.75) is 19.1 Å². The third-order valence-corrected chi connectivity index (χ3v) is 4.17. The third-order valence-electron chi connectivity index (χ3n) is 2.43. The van der Waals surface area contributed by atoms with Crippen molar-refractivity contribution in [3.8, 4) is 0 Å². The number of nitrogen functional groups attached to an aromatic ring is 1. The molecule has 1 aromatic carbocycles. The molecule has 2 aromatic rings. The van der Waals surface area contributed by atoms with Crippen molar-refractivity contribution in [1.29, 1.82) is 0 Å². The molecule has 3 N–H and O–H groups in total. The first-order chi connectivity index (χ1) is 8.00. The monoisotopic (exact) mass is 253 g/mol. The summed E-state index contributed by atoms with van der Waals surface area (Å²) in [7, 11) is -3.07. The average molecular weight is 253 g/mol. The van der Waals surface area contributed by atoms with Crippen LogP contribution in [0.4, 0.5) is 5.69 Å². The van der Waals surface area contributed by atoms with Crippen LogP contribution in [-0.4, -0.2) is 24.1 Å². The van der Waals surface area contributed by atoms with Gasteiger partial charge in [0.25, 0.3) is 0 Å². The number of hydrogen-bond acceptors (Lipinski definition) is 4. The highest BCUT2D eigenvalue weighted by molar-refractivity contribution is 7.90. The summed E-state index contributed by atoms with van der Waals surface area (Å²) in [6.45, 7) is 1.84. The van der Waals surface area contributed by atoms with E-state index >= 15 is 0 Å². The summed E-state index contributed by atoms with van der Waals surface area (Å²) in [6, 6.07) is 5.27. The first kappa shape index (κ1) is 11.9. The summed E-state index contributed by atoms with van der Waals surface area (Å²) in [5.41, 5.74) is 7.78. The van der Waals surface area contributed by atoms with Gasteiger partial charge in [-0.2, -0.15) is 0 Å². The largest absolute Gasteiger partial charge is 0.399 e. The number of imidazole rings is 1. The van der Waals surface area contributed by atoms with Gasteiger partial charge in [0.2, 0.25) is 0 Å². The summed E-state index contributed by atoms with van der Waals surface area (Å²) >= 11 is 0. The lowest BCUT2D eigenvalue weighted by atomic mass is 10.3. The molecule has 0 radical (unpaired) electrons. The van der Waals surface area contributed by atoms with Gasteiger partial charge in [-0.25, -0.2) is 13.4 Å². The van der Waals surface area contributed by atoms with E-state index in [-0.39, 0.29) is 11.5 Å². The summed E-state index contributed by atoms with van der Waals surface area (Å²) < 4.78 is 23.3. The van der Waals surface area contributed by atoms with Crippen LogP contribution >= 0.6 is 0 Å². The fourth-order valence-electron chi connectivity index (χ4n) is 1.74. The molecule has 17 heavy (non-hydrogen) atoms. The molecular weight excluding hydrogens is 238 g/mol. The van der Waals surface area contributed by atoms with E-state index in [0.717, 1.165) is 11.0 Å².